The van der Waals surface area contributed by atoms with Crippen LogP contribution in [0.4, 0.5) is 0 Å². The lowest BCUT2D eigenvalue weighted by molar-refractivity contribution is -0.137. The monoisotopic (exact) mass is 204 g/mol. The van der Waals surface area contributed by atoms with E-state index in [1.165, 1.54) is 0 Å². The van der Waals surface area contributed by atoms with E-state index in [9.17, 15) is 9.59 Å². The lowest BCUT2D eigenvalue weighted by atomic mass is 10.2. The molecule has 1 heterocycles. The third-order valence-corrected chi connectivity index (χ3v) is 2.99. The lowest BCUT2D eigenvalue weighted by Gasteiger charge is -2.08. The second kappa shape index (κ2) is 5.08. The van der Waals surface area contributed by atoms with E-state index >= 15 is 0 Å². The number of nitrogens with one attached hydrogen (secondary N) is 1. The standard InChI is InChI=1S/C7H12N2O3S/c8-6(10)4-12-9-7(11)5-2-1-3-13-5/h5H,1-4H2,(H2,8,10)(H,9,11). The zero-order chi connectivity index (χ0) is 9.68. The molecule has 1 aliphatic heterocycles. The number of thioether (sulfide) groups is 1. The molecule has 74 valence electrons. The molecule has 1 fully saturated rings. The number of amides is 2. The maximum Gasteiger partial charge on any atom is 0.256 e. The van der Waals surface area contributed by atoms with Crippen LogP contribution in [0, 0.1) is 0 Å². The molecule has 0 spiro atoms. The molecule has 0 aromatic carbocycles. The molecule has 0 radical (unpaired) electrons. The van der Waals surface area contributed by atoms with Gasteiger partial charge in [0.25, 0.3) is 5.91 Å². The molecule has 3 N–H and O–H groups in total. The van der Waals surface area contributed by atoms with Crippen molar-refractivity contribution < 1.29 is 14.4 Å². The smallest absolute Gasteiger partial charge is 0.256 e. The highest BCUT2D eigenvalue weighted by atomic mass is 32.2. The molecule has 1 atom stereocenters. The van der Waals surface area contributed by atoms with Crippen LogP contribution in [0.5, 0.6) is 0 Å². The van der Waals surface area contributed by atoms with Gasteiger partial charge >= 0.3 is 0 Å². The first-order valence-electron chi connectivity index (χ1n) is 4.01. The van der Waals surface area contributed by atoms with Crippen molar-refractivity contribution in [3.8, 4) is 0 Å². The molecule has 0 bridgehead atoms. The van der Waals surface area contributed by atoms with E-state index in [0.29, 0.717) is 0 Å². The molecule has 1 rings (SSSR count). The van der Waals surface area contributed by atoms with Gasteiger partial charge in [-0.2, -0.15) is 0 Å². The van der Waals surface area contributed by atoms with E-state index in [4.69, 9.17) is 5.73 Å². The van der Waals surface area contributed by atoms with Crippen LogP contribution >= 0.6 is 11.8 Å². The van der Waals surface area contributed by atoms with Crippen molar-refractivity contribution in [3.63, 3.8) is 0 Å². The zero-order valence-corrected chi connectivity index (χ0v) is 7.93. The van der Waals surface area contributed by atoms with Gasteiger partial charge in [0.2, 0.25) is 5.91 Å². The molecule has 6 heteroatoms. The van der Waals surface area contributed by atoms with E-state index < -0.39 is 5.91 Å². The Kier molecular flexibility index (Phi) is 4.04. The Balaban J connectivity index is 2.13. The third kappa shape index (κ3) is 3.65. The summed E-state index contributed by atoms with van der Waals surface area (Å²) in [5, 5.41) is -0.0344. The van der Waals surface area contributed by atoms with Crippen LogP contribution in [0.1, 0.15) is 12.8 Å². The molecule has 13 heavy (non-hydrogen) atoms. The van der Waals surface area contributed by atoms with Crippen molar-refractivity contribution in [2.45, 2.75) is 18.1 Å². The van der Waals surface area contributed by atoms with Crippen LogP contribution < -0.4 is 11.2 Å². The molecule has 0 saturated carbocycles. The molecule has 1 unspecified atom stereocenters. The maximum atomic E-state index is 11.2. The van der Waals surface area contributed by atoms with Crippen LogP contribution in [-0.2, 0) is 14.4 Å². The van der Waals surface area contributed by atoms with E-state index in [0.717, 1.165) is 18.6 Å². The van der Waals surface area contributed by atoms with E-state index in [-0.39, 0.29) is 17.8 Å². The lowest BCUT2D eigenvalue weighted by Crippen LogP contribution is -2.34. The minimum Gasteiger partial charge on any atom is -0.368 e. The van der Waals surface area contributed by atoms with Gasteiger partial charge in [-0.25, -0.2) is 5.48 Å². The number of hydrogen-bond acceptors (Lipinski definition) is 4. The van der Waals surface area contributed by atoms with E-state index in [1.807, 2.05) is 0 Å². The molecule has 2 amide bonds. The van der Waals surface area contributed by atoms with Gasteiger partial charge in [0.15, 0.2) is 6.61 Å². The molecule has 0 aliphatic carbocycles. The number of carbonyl (C=O) groups is 2. The maximum absolute atomic E-state index is 11.2. The van der Waals surface area contributed by atoms with Gasteiger partial charge in [-0.1, -0.05) is 0 Å². The summed E-state index contributed by atoms with van der Waals surface area (Å²) in [6.07, 6.45) is 1.93. The Morgan fingerprint density at radius 2 is 2.38 bits per heavy atom. The molecule has 0 aromatic rings. The number of hydroxylamine groups is 1. The highest BCUT2D eigenvalue weighted by molar-refractivity contribution is 8.00. The van der Waals surface area contributed by atoms with Gasteiger partial charge in [0.05, 0.1) is 5.25 Å². The summed E-state index contributed by atoms with van der Waals surface area (Å²) in [7, 11) is 0. The first-order chi connectivity index (χ1) is 6.20. The molecule has 5 nitrogen and oxygen atoms in total. The van der Waals surface area contributed by atoms with Crippen LogP contribution in [0.2, 0.25) is 0 Å². The Hall–Kier alpha value is -0.750. The van der Waals surface area contributed by atoms with Crippen molar-refractivity contribution in [2.75, 3.05) is 12.4 Å². The second-order valence-electron chi connectivity index (χ2n) is 2.72. The predicted molar refractivity (Wildman–Crippen MR) is 48.8 cm³/mol. The molecule has 0 aromatic heterocycles. The predicted octanol–water partition coefficient (Wildman–Crippen LogP) is -0.585. The van der Waals surface area contributed by atoms with Crippen LogP contribution in [0.3, 0.4) is 0 Å². The topological polar surface area (TPSA) is 81.4 Å². The number of nitrogens with two attached hydrogens (primary N) is 1. The number of hydrogen-bond donors (Lipinski definition) is 2. The van der Waals surface area contributed by atoms with Gasteiger partial charge in [0, 0.05) is 0 Å². The molecular weight excluding hydrogens is 192 g/mol. The quantitative estimate of drug-likeness (QED) is 0.600. The summed E-state index contributed by atoms with van der Waals surface area (Å²) >= 11 is 1.60. The number of primary amides is 1. The van der Waals surface area contributed by atoms with E-state index in [2.05, 4.69) is 10.3 Å². The summed E-state index contributed by atoms with van der Waals surface area (Å²) in [5.74, 6) is 0.233. The summed E-state index contributed by atoms with van der Waals surface area (Å²) in [5.41, 5.74) is 7.01. The Morgan fingerprint density at radius 1 is 1.62 bits per heavy atom. The van der Waals surface area contributed by atoms with Crippen molar-refractivity contribution in [3.05, 3.63) is 0 Å². The second-order valence-corrected chi connectivity index (χ2v) is 4.03. The number of carbonyl (C=O) groups excluding carboxylic acids is 2. The van der Waals surface area contributed by atoms with Gasteiger partial charge in [-0.3, -0.25) is 14.4 Å². The van der Waals surface area contributed by atoms with Crippen molar-refractivity contribution in [1.82, 2.24) is 5.48 Å². The van der Waals surface area contributed by atoms with Crippen LogP contribution in [0.15, 0.2) is 0 Å². The van der Waals surface area contributed by atoms with Crippen molar-refractivity contribution >= 4 is 23.6 Å². The van der Waals surface area contributed by atoms with Gasteiger partial charge < -0.3 is 5.73 Å². The van der Waals surface area contributed by atoms with Gasteiger partial charge in [0.1, 0.15) is 0 Å². The SMILES string of the molecule is NC(=O)CONC(=O)C1CCCS1. The fourth-order valence-corrected chi connectivity index (χ4v) is 2.18. The molecular formula is C7H12N2O3S. The Bertz CT molecular complexity index is 204. The summed E-state index contributed by atoms with van der Waals surface area (Å²) < 4.78 is 0. The average molecular weight is 204 g/mol. The van der Waals surface area contributed by atoms with Crippen LogP contribution in [-0.4, -0.2) is 29.4 Å². The third-order valence-electron chi connectivity index (χ3n) is 1.61. The Labute approximate surface area is 80.3 Å². The van der Waals surface area contributed by atoms with Crippen molar-refractivity contribution in [1.29, 1.82) is 0 Å². The van der Waals surface area contributed by atoms with Crippen molar-refractivity contribution in [2.24, 2.45) is 5.73 Å². The average Bonchev–Trinajstić information content (AvgIpc) is 2.55. The fraction of sp³-hybridized carbons (Fsp3) is 0.714. The summed E-state index contributed by atoms with van der Waals surface area (Å²) in [4.78, 5) is 26.0. The highest BCUT2D eigenvalue weighted by Gasteiger charge is 2.23. The largest absolute Gasteiger partial charge is 0.368 e. The first-order valence-corrected chi connectivity index (χ1v) is 5.06. The minimum atomic E-state index is -0.598. The summed E-state index contributed by atoms with van der Waals surface area (Å²) in [6, 6.07) is 0. The van der Waals surface area contributed by atoms with Gasteiger partial charge in [-0.05, 0) is 18.6 Å². The molecule has 1 aliphatic rings. The molecule has 1 saturated heterocycles. The van der Waals surface area contributed by atoms with Gasteiger partial charge in [-0.15, -0.1) is 11.8 Å². The normalized spacial score (nSPS) is 21.4. The zero-order valence-electron chi connectivity index (χ0n) is 7.12. The van der Waals surface area contributed by atoms with Crippen LogP contribution in [0.25, 0.3) is 0 Å². The minimum absolute atomic E-state index is 0.0344. The van der Waals surface area contributed by atoms with E-state index in [1.54, 1.807) is 11.8 Å². The number of rotatable bonds is 4. The first kappa shape index (κ1) is 10.3. The fourth-order valence-electron chi connectivity index (χ4n) is 1.03. The highest BCUT2D eigenvalue weighted by Crippen LogP contribution is 2.25. The Morgan fingerprint density at radius 3 is 2.92 bits per heavy atom. The summed E-state index contributed by atoms with van der Waals surface area (Å²) in [6.45, 7) is -0.275.